The summed E-state index contributed by atoms with van der Waals surface area (Å²) in [6.07, 6.45) is 1.76. The zero-order valence-electron chi connectivity index (χ0n) is 7.63. The second kappa shape index (κ2) is 3.95. The molecule has 0 aliphatic carbocycles. The molecule has 1 heterocycles. The molecule has 0 radical (unpaired) electrons. The predicted molar refractivity (Wildman–Crippen MR) is 46.7 cm³/mol. The van der Waals surface area contributed by atoms with Crippen LogP contribution in [0.15, 0.2) is 12.3 Å². The Morgan fingerprint density at radius 2 is 2.25 bits per heavy atom. The first-order valence-corrected chi connectivity index (χ1v) is 3.91. The van der Waals surface area contributed by atoms with Crippen LogP contribution in [-0.2, 0) is 0 Å². The highest BCUT2D eigenvalue weighted by atomic mass is 16.5. The molecule has 0 atom stereocenters. The van der Waals surface area contributed by atoms with Gasteiger partial charge in [0.2, 0.25) is 0 Å². The number of ether oxygens (including phenoxy) is 2. The van der Waals surface area contributed by atoms with Crippen molar-refractivity contribution in [3.8, 4) is 11.6 Å². The molecule has 0 amide bonds. The van der Waals surface area contributed by atoms with Crippen LogP contribution in [0.25, 0.3) is 0 Å². The van der Waals surface area contributed by atoms with Crippen molar-refractivity contribution in [3.05, 3.63) is 17.8 Å². The summed E-state index contributed by atoms with van der Waals surface area (Å²) in [4.78, 5) is 4.09. The van der Waals surface area contributed by atoms with Crippen molar-refractivity contribution >= 4 is 0 Å². The highest BCUT2D eigenvalue weighted by molar-refractivity contribution is 5.35. The van der Waals surface area contributed by atoms with Gasteiger partial charge in [0.1, 0.15) is 0 Å². The van der Waals surface area contributed by atoms with Gasteiger partial charge in [-0.25, -0.2) is 4.98 Å². The molecule has 66 valence electrons. The Morgan fingerprint density at radius 3 is 2.83 bits per heavy atom. The maximum Gasteiger partial charge on any atom is 0.256 e. The molecule has 0 N–H and O–H groups in total. The summed E-state index contributed by atoms with van der Waals surface area (Å²) in [5, 5.41) is 0. The van der Waals surface area contributed by atoms with Crippen LogP contribution in [0, 0.1) is 6.92 Å². The number of hydrogen-bond acceptors (Lipinski definition) is 3. The van der Waals surface area contributed by atoms with Gasteiger partial charge in [-0.2, -0.15) is 0 Å². The lowest BCUT2D eigenvalue weighted by Crippen LogP contribution is -1.97. The molecule has 0 aliphatic heterocycles. The third-order valence-electron chi connectivity index (χ3n) is 1.46. The number of aryl methyl sites for hydroxylation is 1. The Kier molecular flexibility index (Phi) is 2.91. The minimum atomic E-state index is 0.561. The van der Waals surface area contributed by atoms with Crippen molar-refractivity contribution in [1.82, 2.24) is 4.98 Å². The third-order valence-corrected chi connectivity index (χ3v) is 1.46. The average molecular weight is 167 g/mol. The van der Waals surface area contributed by atoms with Crippen LogP contribution < -0.4 is 9.47 Å². The molecule has 0 aromatic carbocycles. The van der Waals surface area contributed by atoms with E-state index in [1.807, 2.05) is 19.9 Å². The molecule has 0 fully saturated rings. The lowest BCUT2D eigenvalue weighted by atomic mass is 10.3. The van der Waals surface area contributed by atoms with Gasteiger partial charge in [0.25, 0.3) is 5.88 Å². The zero-order chi connectivity index (χ0) is 8.97. The van der Waals surface area contributed by atoms with Crippen LogP contribution in [-0.4, -0.2) is 18.7 Å². The molecule has 1 rings (SSSR count). The molecule has 1 aromatic heterocycles. The van der Waals surface area contributed by atoms with Crippen LogP contribution in [0.5, 0.6) is 11.6 Å². The van der Waals surface area contributed by atoms with Gasteiger partial charge in [0, 0.05) is 6.20 Å². The first-order chi connectivity index (χ1) is 5.77. The van der Waals surface area contributed by atoms with Gasteiger partial charge in [-0.1, -0.05) is 0 Å². The molecular formula is C9H13NO2. The molecular weight excluding hydrogens is 154 g/mol. The molecule has 0 saturated carbocycles. The Bertz CT molecular complexity index is 261. The lowest BCUT2D eigenvalue weighted by molar-refractivity contribution is 0.298. The van der Waals surface area contributed by atoms with Gasteiger partial charge < -0.3 is 9.47 Å². The molecule has 0 bridgehead atoms. The van der Waals surface area contributed by atoms with E-state index in [1.165, 1.54) is 0 Å². The Balaban J connectivity index is 2.94. The van der Waals surface area contributed by atoms with E-state index in [4.69, 9.17) is 9.47 Å². The van der Waals surface area contributed by atoms with E-state index in [0.717, 1.165) is 5.56 Å². The zero-order valence-corrected chi connectivity index (χ0v) is 7.63. The van der Waals surface area contributed by atoms with Crippen molar-refractivity contribution in [3.63, 3.8) is 0 Å². The second-order valence-electron chi connectivity index (χ2n) is 2.45. The molecule has 0 aliphatic rings. The van der Waals surface area contributed by atoms with Gasteiger partial charge in [-0.05, 0) is 25.5 Å². The summed E-state index contributed by atoms with van der Waals surface area (Å²) in [6, 6.07) is 1.90. The Labute approximate surface area is 72.3 Å². The van der Waals surface area contributed by atoms with Crippen molar-refractivity contribution in [2.24, 2.45) is 0 Å². The Morgan fingerprint density at radius 1 is 1.50 bits per heavy atom. The van der Waals surface area contributed by atoms with E-state index in [1.54, 1.807) is 13.3 Å². The van der Waals surface area contributed by atoms with E-state index in [0.29, 0.717) is 18.2 Å². The fraction of sp³-hybridized carbons (Fsp3) is 0.444. The SMILES string of the molecule is CCOc1ncc(C)cc1OC. The molecule has 12 heavy (non-hydrogen) atoms. The average Bonchev–Trinajstić information content (AvgIpc) is 2.08. The fourth-order valence-electron chi connectivity index (χ4n) is 0.921. The predicted octanol–water partition coefficient (Wildman–Crippen LogP) is 1.80. The normalized spacial score (nSPS) is 9.58. The van der Waals surface area contributed by atoms with Gasteiger partial charge in [0.15, 0.2) is 5.75 Å². The van der Waals surface area contributed by atoms with Gasteiger partial charge in [-0.3, -0.25) is 0 Å². The summed E-state index contributed by atoms with van der Waals surface area (Å²) < 4.78 is 10.3. The second-order valence-corrected chi connectivity index (χ2v) is 2.45. The minimum absolute atomic E-state index is 0.561. The summed E-state index contributed by atoms with van der Waals surface area (Å²) in [5.41, 5.74) is 1.07. The van der Waals surface area contributed by atoms with Gasteiger partial charge >= 0.3 is 0 Å². The maximum absolute atomic E-state index is 5.25. The topological polar surface area (TPSA) is 31.4 Å². The highest BCUT2D eigenvalue weighted by Crippen LogP contribution is 2.24. The van der Waals surface area contributed by atoms with E-state index < -0.39 is 0 Å². The van der Waals surface area contributed by atoms with Gasteiger partial charge in [-0.15, -0.1) is 0 Å². The van der Waals surface area contributed by atoms with Crippen LogP contribution in [0.4, 0.5) is 0 Å². The first kappa shape index (κ1) is 8.84. The number of pyridine rings is 1. The van der Waals surface area contributed by atoms with Gasteiger partial charge in [0.05, 0.1) is 13.7 Å². The molecule has 0 saturated heterocycles. The van der Waals surface area contributed by atoms with E-state index >= 15 is 0 Å². The van der Waals surface area contributed by atoms with Crippen molar-refractivity contribution < 1.29 is 9.47 Å². The number of nitrogens with zero attached hydrogens (tertiary/aromatic N) is 1. The minimum Gasteiger partial charge on any atom is -0.491 e. The van der Waals surface area contributed by atoms with Crippen molar-refractivity contribution in [2.45, 2.75) is 13.8 Å². The van der Waals surface area contributed by atoms with Crippen LogP contribution >= 0.6 is 0 Å². The van der Waals surface area contributed by atoms with Crippen molar-refractivity contribution in [2.75, 3.05) is 13.7 Å². The molecule has 3 heteroatoms. The standard InChI is InChI=1S/C9H13NO2/c1-4-12-9-8(11-3)5-7(2)6-10-9/h5-6H,4H2,1-3H3. The quantitative estimate of drug-likeness (QED) is 0.687. The van der Waals surface area contributed by atoms with Crippen LogP contribution in [0.2, 0.25) is 0 Å². The third kappa shape index (κ3) is 1.87. The lowest BCUT2D eigenvalue weighted by Gasteiger charge is -2.07. The van der Waals surface area contributed by atoms with Crippen LogP contribution in [0.3, 0.4) is 0 Å². The fourth-order valence-corrected chi connectivity index (χ4v) is 0.921. The highest BCUT2D eigenvalue weighted by Gasteiger charge is 2.03. The summed E-state index contributed by atoms with van der Waals surface area (Å²) in [5.74, 6) is 1.25. The van der Waals surface area contributed by atoms with E-state index in [9.17, 15) is 0 Å². The molecule has 0 unspecified atom stereocenters. The molecule has 0 spiro atoms. The largest absolute Gasteiger partial charge is 0.491 e. The monoisotopic (exact) mass is 167 g/mol. The number of aromatic nitrogens is 1. The first-order valence-electron chi connectivity index (χ1n) is 3.91. The molecule has 3 nitrogen and oxygen atoms in total. The summed E-state index contributed by atoms with van der Waals surface area (Å²) >= 11 is 0. The summed E-state index contributed by atoms with van der Waals surface area (Å²) in [7, 11) is 1.61. The number of methoxy groups -OCH3 is 1. The Hall–Kier alpha value is -1.25. The van der Waals surface area contributed by atoms with Crippen LogP contribution in [0.1, 0.15) is 12.5 Å². The van der Waals surface area contributed by atoms with Crippen molar-refractivity contribution in [1.29, 1.82) is 0 Å². The maximum atomic E-state index is 5.25. The smallest absolute Gasteiger partial charge is 0.256 e. The number of hydrogen-bond donors (Lipinski definition) is 0. The number of rotatable bonds is 3. The van der Waals surface area contributed by atoms with E-state index in [-0.39, 0.29) is 0 Å². The molecule has 1 aromatic rings. The summed E-state index contributed by atoms with van der Waals surface area (Å²) in [6.45, 7) is 4.48. The van der Waals surface area contributed by atoms with E-state index in [2.05, 4.69) is 4.98 Å².